The van der Waals surface area contributed by atoms with Crippen LogP contribution in [0.4, 0.5) is 0 Å². The van der Waals surface area contributed by atoms with Crippen LogP contribution in [-0.4, -0.2) is 36.8 Å². The maximum Gasteiger partial charge on any atom is 0.119 e. The molecule has 1 atom stereocenters. The minimum Gasteiger partial charge on any atom is -0.497 e. The van der Waals surface area contributed by atoms with Crippen molar-refractivity contribution in [1.29, 1.82) is 0 Å². The molecule has 0 aromatic heterocycles. The van der Waals surface area contributed by atoms with E-state index in [1.165, 1.54) is 38.5 Å². The summed E-state index contributed by atoms with van der Waals surface area (Å²) in [6, 6.07) is 7.78. The molecule has 0 radical (unpaired) electrons. The molecule has 3 nitrogen and oxygen atoms in total. The molecule has 3 heteroatoms. The van der Waals surface area contributed by atoms with Crippen molar-refractivity contribution in [2.45, 2.75) is 44.6 Å². The first-order valence-electron chi connectivity index (χ1n) is 8.25. The van der Waals surface area contributed by atoms with Crippen molar-refractivity contribution >= 4 is 0 Å². The number of nitrogens with zero attached hydrogens (tertiary/aromatic N) is 1. The van der Waals surface area contributed by atoms with Crippen LogP contribution in [-0.2, 0) is 0 Å². The summed E-state index contributed by atoms with van der Waals surface area (Å²) < 4.78 is 5.23. The minimum atomic E-state index is -0.419. The van der Waals surface area contributed by atoms with Crippen LogP contribution in [0.25, 0.3) is 0 Å². The van der Waals surface area contributed by atoms with Crippen LogP contribution in [0.3, 0.4) is 0 Å². The highest BCUT2D eigenvalue weighted by atomic mass is 16.5. The predicted molar refractivity (Wildman–Crippen MR) is 84.5 cm³/mol. The maximum atomic E-state index is 10.5. The van der Waals surface area contributed by atoms with Gasteiger partial charge in [0.1, 0.15) is 5.75 Å². The Hall–Kier alpha value is -1.06. The number of aliphatic hydroxyl groups is 1. The number of hydrogen-bond acceptors (Lipinski definition) is 3. The average molecular weight is 289 g/mol. The van der Waals surface area contributed by atoms with Crippen LogP contribution in [0.1, 0.15) is 50.2 Å². The molecule has 1 unspecified atom stereocenters. The third kappa shape index (κ3) is 3.41. The summed E-state index contributed by atoms with van der Waals surface area (Å²) in [6.07, 6.45) is 7.92. The smallest absolute Gasteiger partial charge is 0.119 e. The standard InChI is InChI=1S/C18H27NO2/c1-21-16-6-4-5-15(13-16)17(20)14-19-11-9-18(10-12-19)7-2-3-8-18/h4-6,13,17,20H,2-3,7-12,14H2,1H3. The SMILES string of the molecule is COc1cccc(C(O)CN2CCC3(CCCC3)CC2)c1. The lowest BCUT2D eigenvalue weighted by atomic mass is 9.77. The Balaban J connectivity index is 1.54. The lowest BCUT2D eigenvalue weighted by Gasteiger charge is -2.40. The van der Waals surface area contributed by atoms with Crippen LogP contribution in [0.15, 0.2) is 24.3 Å². The fraction of sp³-hybridized carbons (Fsp3) is 0.667. The van der Waals surface area contributed by atoms with E-state index in [9.17, 15) is 5.11 Å². The van der Waals surface area contributed by atoms with E-state index >= 15 is 0 Å². The highest BCUT2D eigenvalue weighted by Gasteiger charge is 2.37. The first-order chi connectivity index (χ1) is 10.2. The van der Waals surface area contributed by atoms with Gasteiger partial charge in [-0.05, 0) is 61.9 Å². The summed E-state index contributed by atoms with van der Waals surface area (Å²) in [5.41, 5.74) is 1.60. The minimum absolute atomic E-state index is 0.419. The Morgan fingerprint density at radius 2 is 1.90 bits per heavy atom. The Bertz CT molecular complexity index is 458. The second kappa shape index (κ2) is 6.37. The fourth-order valence-electron chi connectivity index (χ4n) is 4.03. The summed E-state index contributed by atoms with van der Waals surface area (Å²) in [5.74, 6) is 0.815. The van der Waals surface area contributed by atoms with Crippen molar-refractivity contribution in [2.75, 3.05) is 26.7 Å². The number of benzene rings is 1. The molecule has 1 N–H and O–H groups in total. The number of methoxy groups -OCH3 is 1. The van der Waals surface area contributed by atoms with E-state index < -0.39 is 6.10 Å². The van der Waals surface area contributed by atoms with Gasteiger partial charge in [-0.2, -0.15) is 0 Å². The third-order valence-corrected chi connectivity index (χ3v) is 5.49. The van der Waals surface area contributed by atoms with Crippen molar-refractivity contribution < 1.29 is 9.84 Å². The molecule has 1 saturated carbocycles. The number of aliphatic hydroxyl groups excluding tert-OH is 1. The van der Waals surface area contributed by atoms with Gasteiger partial charge in [0.2, 0.25) is 0 Å². The molecule has 3 rings (SSSR count). The van der Waals surface area contributed by atoms with Crippen molar-refractivity contribution in [3.63, 3.8) is 0 Å². The first-order valence-corrected chi connectivity index (χ1v) is 8.25. The summed E-state index contributed by atoms with van der Waals surface area (Å²) >= 11 is 0. The Morgan fingerprint density at radius 1 is 1.19 bits per heavy atom. The Labute approximate surface area is 127 Å². The molecule has 21 heavy (non-hydrogen) atoms. The lowest BCUT2D eigenvalue weighted by Crippen LogP contribution is -2.40. The van der Waals surface area contributed by atoms with Crippen LogP contribution in [0.2, 0.25) is 0 Å². The van der Waals surface area contributed by atoms with Crippen LogP contribution >= 0.6 is 0 Å². The molecular weight excluding hydrogens is 262 g/mol. The summed E-state index contributed by atoms with van der Waals surface area (Å²) in [7, 11) is 1.66. The van der Waals surface area contributed by atoms with E-state index in [4.69, 9.17) is 4.74 Å². The molecule has 1 spiro atoms. The molecule has 1 aromatic carbocycles. The van der Waals surface area contributed by atoms with Crippen molar-refractivity contribution in [3.8, 4) is 5.75 Å². The number of hydrogen-bond donors (Lipinski definition) is 1. The molecule has 2 aliphatic rings. The lowest BCUT2D eigenvalue weighted by molar-refractivity contribution is 0.0595. The van der Waals surface area contributed by atoms with Gasteiger partial charge in [-0.1, -0.05) is 25.0 Å². The second-order valence-electron chi connectivity index (χ2n) is 6.80. The molecule has 1 heterocycles. The van der Waals surface area contributed by atoms with Crippen molar-refractivity contribution in [3.05, 3.63) is 29.8 Å². The molecule has 1 aliphatic heterocycles. The largest absolute Gasteiger partial charge is 0.497 e. The molecule has 1 aromatic rings. The molecule has 0 bridgehead atoms. The molecule has 1 aliphatic carbocycles. The number of rotatable bonds is 4. The van der Waals surface area contributed by atoms with Gasteiger partial charge >= 0.3 is 0 Å². The highest BCUT2D eigenvalue weighted by Crippen LogP contribution is 2.46. The van der Waals surface area contributed by atoms with E-state index in [-0.39, 0.29) is 0 Å². The summed E-state index contributed by atoms with van der Waals surface area (Å²) in [4.78, 5) is 2.42. The van der Waals surface area contributed by atoms with E-state index in [1.807, 2.05) is 24.3 Å². The third-order valence-electron chi connectivity index (χ3n) is 5.49. The Kier molecular flexibility index (Phi) is 4.51. The highest BCUT2D eigenvalue weighted by molar-refractivity contribution is 5.29. The van der Waals surface area contributed by atoms with Gasteiger partial charge in [0, 0.05) is 6.54 Å². The van der Waals surface area contributed by atoms with E-state index in [2.05, 4.69) is 4.90 Å². The monoisotopic (exact) mass is 289 g/mol. The maximum absolute atomic E-state index is 10.5. The van der Waals surface area contributed by atoms with E-state index in [0.717, 1.165) is 30.9 Å². The topological polar surface area (TPSA) is 32.7 Å². The van der Waals surface area contributed by atoms with Crippen LogP contribution in [0, 0.1) is 5.41 Å². The number of β-amino-alcohol motifs (C(OH)–C–C–N with tert-alkyl or cyclic N) is 1. The van der Waals surface area contributed by atoms with Gasteiger partial charge in [0.05, 0.1) is 13.2 Å². The number of ether oxygens (including phenoxy) is 1. The zero-order valence-corrected chi connectivity index (χ0v) is 13.1. The summed E-state index contributed by atoms with van der Waals surface area (Å²) in [6.45, 7) is 3.02. The van der Waals surface area contributed by atoms with Gasteiger partial charge in [-0.25, -0.2) is 0 Å². The van der Waals surface area contributed by atoms with Gasteiger partial charge in [0.15, 0.2) is 0 Å². The Morgan fingerprint density at radius 3 is 2.57 bits per heavy atom. The molecular formula is C18H27NO2. The zero-order valence-electron chi connectivity index (χ0n) is 13.1. The number of piperidine rings is 1. The first kappa shape index (κ1) is 14.9. The average Bonchev–Trinajstić information content (AvgIpc) is 2.98. The van der Waals surface area contributed by atoms with Gasteiger partial charge in [-0.3, -0.25) is 0 Å². The summed E-state index contributed by atoms with van der Waals surface area (Å²) in [5, 5.41) is 10.5. The van der Waals surface area contributed by atoms with Gasteiger partial charge < -0.3 is 14.7 Å². The normalized spacial score (nSPS) is 23.3. The van der Waals surface area contributed by atoms with Crippen LogP contribution in [0.5, 0.6) is 5.75 Å². The molecule has 0 amide bonds. The molecule has 1 saturated heterocycles. The van der Waals surface area contributed by atoms with E-state index in [1.54, 1.807) is 7.11 Å². The molecule has 2 fully saturated rings. The zero-order chi connectivity index (χ0) is 14.7. The fourth-order valence-corrected chi connectivity index (χ4v) is 4.03. The quantitative estimate of drug-likeness (QED) is 0.922. The van der Waals surface area contributed by atoms with Crippen molar-refractivity contribution in [2.24, 2.45) is 5.41 Å². The van der Waals surface area contributed by atoms with Crippen LogP contribution < -0.4 is 4.74 Å². The van der Waals surface area contributed by atoms with Gasteiger partial charge in [0.25, 0.3) is 0 Å². The molecule has 116 valence electrons. The van der Waals surface area contributed by atoms with Gasteiger partial charge in [-0.15, -0.1) is 0 Å². The van der Waals surface area contributed by atoms with E-state index in [0.29, 0.717) is 5.41 Å². The number of likely N-dealkylation sites (tertiary alicyclic amines) is 1. The predicted octanol–water partition coefficient (Wildman–Crippen LogP) is 3.38. The van der Waals surface area contributed by atoms with Crippen molar-refractivity contribution in [1.82, 2.24) is 4.90 Å². The second-order valence-corrected chi connectivity index (χ2v) is 6.80.